The third kappa shape index (κ3) is 3.59. The summed E-state index contributed by atoms with van der Waals surface area (Å²) in [5.41, 5.74) is 0.436. The largest absolute Gasteiger partial charge is 0.490 e. The quantitative estimate of drug-likeness (QED) is 0.619. The maximum Gasteiger partial charge on any atom is 0.336 e. The van der Waals surface area contributed by atoms with E-state index in [1.165, 1.54) is 48.0 Å². The van der Waals surface area contributed by atoms with Gasteiger partial charge in [-0.2, -0.15) is 0 Å². The molecule has 1 aliphatic heterocycles. The molecule has 1 heterocycles. The molecule has 2 aromatic rings. The molecule has 1 aliphatic rings. The Morgan fingerprint density at radius 2 is 1.96 bits per heavy atom. The van der Waals surface area contributed by atoms with E-state index >= 15 is 0 Å². The second-order valence-corrected chi connectivity index (χ2v) is 6.95. The van der Waals surface area contributed by atoms with Gasteiger partial charge in [-0.25, -0.2) is 4.79 Å². The van der Waals surface area contributed by atoms with Crippen molar-refractivity contribution in [3.8, 4) is 5.75 Å². The third-order valence-corrected chi connectivity index (χ3v) is 5.49. The van der Waals surface area contributed by atoms with Gasteiger partial charge in [-0.1, -0.05) is 18.2 Å². The van der Waals surface area contributed by atoms with Gasteiger partial charge in [0.15, 0.2) is 5.75 Å². The Balaban J connectivity index is 1.97. The molecule has 1 unspecified atom stereocenters. The zero-order valence-electron chi connectivity index (χ0n) is 14.3. The summed E-state index contributed by atoms with van der Waals surface area (Å²) in [4.78, 5) is 36.7. The Morgan fingerprint density at radius 1 is 1.26 bits per heavy atom. The summed E-state index contributed by atoms with van der Waals surface area (Å²) in [5, 5.41) is 20.2. The van der Waals surface area contributed by atoms with Crippen molar-refractivity contribution in [1.29, 1.82) is 0 Å². The van der Waals surface area contributed by atoms with Gasteiger partial charge < -0.3 is 14.7 Å². The SMILES string of the molecule is COc1ccc(C2SCCN2C(=O)c2ccccc2C(=O)O)cc1[N+](=O)[O-]. The zero-order chi connectivity index (χ0) is 19.6. The van der Waals surface area contributed by atoms with E-state index in [1.807, 2.05) is 0 Å². The van der Waals surface area contributed by atoms with Gasteiger partial charge >= 0.3 is 11.7 Å². The molecule has 1 atom stereocenters. The van der Waals surface area contributed by atoms with Crippen LogP contribution in [0.4, 0.5) is 5.69 Å². The van der Waals surface area contributed by atoms with Gasteiger partial charge in [0.05, 0.1) is 23.2 Å². The smallest absolute Gasteiger partial charge is 0.336 e. The number of aromatic carboxylic acids is 1. The van der Waals surface area contributed by atoms with Crippen molar-refractivity contribution >= 4 is 29.3 Å². The highest BCUT2D eigenvalue weighted by Gasteiger charge is 2.34. The molecule has 1 fully saturated rings. The number of carboxylic acid groups (broad SMARTS) is 1. The average molecular weight is 388 g/mol. The highest BCUT2D eigenvalue weighted by atomic mass is 32.2. The fourth-order valence-corrected chi connectivity index (χ4v) is 4.21. The van der Waals surface area contributed by atoms with E-state index < -0.39 is 22.2 Å². The fraction of sp³-hybridized carbons (Fsp3) is 0.222. The number of amides is 1. The Morgan fingerprint density at radius 3 is 2.59 bits per heavy atom. The van der Waals surface area contributed by atoms with Crippen LogP contribution in [0.1, 0.15) is 31.7 Å². The molecule has 0 spiro atoms. The predicted octanol–water partition coefficient (Wildman–Crippen LogP) is 3.19. The summed E-state index contributed by atoms with van der Waals surface area (Å²) >= 11 is 1.47. The maximum absolute atomic E-state index is 13.0. The number of methoxy groups -OCH3 is 1. The number of benzene rings is 2. The molecule has 2 aromatic carbocycles. The number of carboxylic acids is 1. The summed E-state index contributed by atoms with van der Waals surface area (Å²) in [6.45, 7) is 0.419. The van der Waals surface area contributed by atoms with Crippen LogP contribution in [0, 0.1) is 10.1 Å². The number of thioether (sulfide) groups is 1. The first kappa shape index (κ1) is 18.7. The van der Waals surface area contributed by atoms with E-state index in [0.29, 0.717) is 17.9 Å². The fourth-order valence-electron chi connectivity index (χ4n) is 2.97. The van der Waals surface area contributed by atoms with Crippen LogP contribution >= 0.6 is 11.8 Å². The number of carbonyl (C=O) groups is 2. The standard InChI is InChI=1S/C18H16N2O6S/c1-26-15-7-6-11(10-14(15)20(24)25)17-19(8-9-27-17)16(21)12-4-2-3-5-13(12)18(22)23/h2-7,10,17H,8-9H2,1H3,(H,22,23). The summed E-state index contributed by atoms with van der Waals surface area (Å²) in [6, 6.07) is 10.6. The molecular weight excluding hydrogens is 372 g/mol. The van der Waals surface area contributed by atoms with Crippen LogP contribution in [0.2, 0.25) is 0 Å². The topological polar surface area (TPSA) is 110 Å². The van der Waals surface area contributed by atoms with Crippen molar-refractivity contribution in [2.24, 2.45) is 0 Å². The number of hydrogen-bond acceptors (Lipinski definition) is 6. The minimum atomic E-state index is -1.18. The van der Waals surface area contributed by atoms with E-state index in [1.54, 1.807) is 18.2 Å². The highest BCUT2D eigenvalue weighted by Crippen LogP contribution is 2.41. The molecule has 0 saturated carbocycles. The van der Waals surface area contributed by atoms with Gasteiger partial charge in [0, 0.05) is 18.4 Å². The van der Waals surface area contributed by atoms with Crippen LogP contribution in [0.5, 0.6) is 5.75 Å². The van der Waals surface area contributed by atoms with Gasteiger partial charge in [-0.15, -0.1) is 11.8 Å². The molecule has 9 heteroatoms. The van der Waals surface area contributed by atoms with Gasteiger partial charge in [0.25, 0.3) is 5.91 Å². The van der Waals surface area contributed by atoms with Crippen LogP contribution in [0.15, 0.2) is 42.5 Å². The van der Waals surface area contributed by atoms with Crippen LogP contribution < -0.4 is 4.74 Å². The molecule has 0 aromatic heterocycles. The molecule has 1 N–H and O–H groups in total. The lowest BCUT2D eigenvalue weighted by atomic mass is 10.1. The molecule has 140 valence electrons. The van der Waals surface area contributed by atoms with Crippen molar-refractivity contribution in [2.45, 2.75) is 5.37 Å². The number of carbonyl (C=O) groups excluding carboxylic acids is 1. The van der Waals surface area contributed by atoms with E-state index in [2.05, 4.69) is 0 Å². The normalized spacial score (nSPS) is 16.2. The molecule has 1 saturated heterocycles. The summed E-state index contributed by atoms with van der Waals surface area (Å²) in [7, 11) is 1.35. The van der Waals surface area contributed by atoms with Crippen molar-refractivity contribution in [1.82, 2.24) is 4.90 Å². The Bertz CT molecular complexity index is 916. The second kappa shape index (κ2) is 7.67. The molecule has 0 radical (unpaired) electrons. The lowest BCUT2D eigenvalue weighted by molar-refractivity contribution is -0.385. The first-order chi connectivity index (χ1) is 12.9. The van der Waals surface area contributed by atoms with Crippen LogP contribution in [-0.2, 0) is 0 Å². The number of rotatable bonds is 5. The Kier molecular flexibility index (Phi) is 5.31. The molecule has 0 aliphatic carbocycles. The molecule has 3 rings (SSSR count). The molecular formula is C18H16N2O6S. The first-order valence-electron chi connectivity index (χ1n) is 8.01. The Hall–Kier alpha value is -3.07. The van der Waals surface area contributed by atoms with Crippen molar-refractivity contribution in [3.05, 3.63) is 69.3 Å². The van der Waals surface area contributed by atoms with E-state index in [9.17, 15) is 24.8 Å². The van der Waals surface area contributed by atoms with Crippen molar-refractivity contribution in [3.63, 3.8) is 0 Å². The number of hydrogen-bond donors (Lipinski definition) is 1. The Labute approximate surface area is 158 Å². The summed E-state index contributed by atoms with van der Waals surface area (Å²) < 4.78 is 5.02. The third-order valence-electron chi connectivity index (χ3n) is 4.22. The van der Waals surface area contributed by atoms with E-state index in [-0.39, 0.29) is 22.6 Å². The van der Waals surface area contributed by atoms with Crippen molar-refractivity contribution < 1.29 is 24.4 Å². The monoisotopic (exact) mass is 388 g/mol. The zero-order valence-corrected chi connectivity index (χ0v) is 15.1. The minimum Gasteiger partial charge on any atom is -0.490 e. The van der Waals surface area contributed by atoms with E-state index in [4.69, 9.17) is 4.74 Å². The minimum absolute atomic E-state index is 0.0705. The molecule has 1 amide bonds. The van der Waals surface area contributed by atoms with Gasteiger partial charge in [0.1, 0.15) is 5.37 Å². The summed E-state index contributed by atoms with van der Waals surface area (Å²) in [5.74, 6) is -0.810. The average Bonchev–Trinajstić information content (AvgIpc) is 3.16. The number of nitrogens with zero attached hydrogens (tertiary/aromatic N) is 2. The number of nitro benzene ring substituents is 1. The predicted molar refractivity (Wildman–Crippen MR) is 99.3 cm³/mol. The first-order valence-corrected chi connectivity index (χ1v) is 9.06. The van der Waals surface area contributed by atoms with Gasteiger partial charge in [0.2, 0.25) is 0 Å². The van der Waals surface area contributed by atoms with Crippen LogP contribution in [0.3, 0.4) is 0 Å². The molecule has 27 heavy (non-hydrogen) atoms. The van der Waals surface area contributed by atoms with Crippen LogP contribution in [0.25, 0.3) is 0 Å². The highest BCUT2D eigenvalue weighted by molar-refractivity contribution is 7.99. The second-order valence-electron chi connectivity index (χ2n) is 5.76. The van der Waals surface area contributed by atoms with Crippen molar-refractivity contribution in [2.75, 3.05) is 19.4 Å². The maximum atomic E-state index is 13.0. The van der Waals surface area contributed by atoms with Gasteiger partial charge in [-0.3, -0.25) is 14.9 Å². The van der Waals surface area contributed by atoms with Crippen LogP contribution in [-0.4, -0.2) is 46.2 Å². The molecule has 8 nitrogen and oxygen atoms in total. The number of nitro groups is 1. The lowest BCUT2D eigenvalue weighted by Gasteiger charge is -2.25. The van der Waals surface area contributed by atoms with E-state index in [0.717, 1.165) is 0 Å². The van der Waals surface area contributed by atoms with Gasteiger partial charge in [-0.05, 0) is 23.8 Å². The number of ether oxygens (including phenoxy) is 1. The summed E-state index contributed by atoms with van der Waals surface area (Å²) in [6.07, 6.45) is 0. The lowest BCUT2D eigenvalue weighted by Crippen LogP contribution is -2.31. The molecule has 0 bridgehead atoms.